The van der Waals surface area contributed by atoms with Gasteiger partial charge in [0.25, 0.3) is 5.91 Å². The van der Waals surface area contributed by atoms with Crippen LogP contribution in [-0.4, -0.2) is 53.7 Å². The first-order chi connectivity index (χ1) is 13.5. The summed E-state index contributed by atoms with van der Waals surface area (Å²) in [5, 5.41) is 3.07. The highest BCUT2D eigenvalue weighted by Crippen LogP contribution is 2.29. The van der Waals surface area contributed by atoms with Gasteiger partial charge < -0.3 is 19.7 Å². The summed E-state index contributed by atoms with van der Waals surface area (Å²) in [6.07, 6.45) is 3.15. The van der Waals surface area contributed by atoms with Gasteiger partial charge in [-0.2, -0.15) is 0 Å². The lowest BCUT2D eigenvalue weighted by molar-refractivity contribution is -0.160. The fourth-order valence-electron chi connectivity index (χ4n) is 4.03. The standard InChI is InChI=1S/C22H38N2O5/c1-14-8-7-9-18(15(14)2)23-19(25)16(3)28-20(26)17-10-12-24(13-11-17)21(27)29-22(4,5)6/h14-18H,7-13H2,1-6H3,(H,23,25)/t14-,15-,16-,18-/m1/s1. The maximum absolute atomic E-state index is 12.5. The quantitative estimate of drug-likeness (QED) is 0.717. The highest BCUT2D eigenvalue weighted by molar-refractivity contribution is 5.84. The third-order valence-electron chi connectivity index (χ3n) is 6.18. The average molecular weight is 411 g/mol. The summed E-state index contributed by atoms with van der Waals surface area (Å²) in [4.78, 5) is 38.7. The minimum absolute atomic E-state index is 0.143. The van der Waals surface area contributed by atoms with Gasteiger partial charge in [-0.15, -0.1) is 0 Å². The molecule has 2 fully saturated rings. The highest BCUT2D eigenvalue weighted by Gasteiger charge is 2.33. The number of amides is 2. The molecule has 1 aliphatic carbocycles. The van der Waals surface area contributed by atoms with Crippen molar-refractivity contribution >= 4 is 18.0 Å². The van der Waals surface area contributed by atoms with E-state index in [0.29, 0.717) is 37.8 Å². The van der Waals surface area contributed by atoms with Gasteiger partial charge in [-0.3, -0.25) is 9.59 Å². The average Bonchev–Trinajstić information content (AvgIpc) is 2.64. The van der Waals surface area contributed by atoms with Crippen molar-refractivity contribution in [2.45, 2.75) is 91.4 Å². The smallest absolute Gasteiger partial charge is 0.410 e. The summed E-state index contributed by atoms with van der Waals surface area (Å²) < 4.78 is 10.8. The van der Waals surface area contributed by atoms with Gasteiger partial charge in [0, 0.05) is 19.1 Å². The largest absolute Gasteiger partial charge is 0.452 e. The Kier molecular flexibility index (Phi) is 7.94. The van der Waals surface area contributed by atoms with E-state index in [1.807, 2.05) is 20.8 Å². The second-order valence-electron chi connectivity index (χ2n) is 9.70. The predicted octanol–water partition coefficient (Wildman–Crippen LogP) is 3.51. The summed E-state index contributed by atoms with van der Waals surface area (Å²) in [5.74, 6) is 0.129. The van der Waals surface area contributed by atoms with Crippen molar-refractivity contribution in [3.8, 4) is 0 Å². The molecule has 2 amide bonds. The van der Waals surface area contributed by atoms with Crippen LogP contribution in [-0.2, 0) is 19.1 Å². The maximum atomic E-state index is 12.5. The molecule has 0 aromatic heterocycles. The Hall–Kier alpha value is -1.79. The van der Waals surface area contributed by atoms with Crippen molar-refractivity contribution in [2.24, 2.45) is 17.8 Å². The third-order valence-corrected chi connectivity index (χ3v) is 6.18. The maximum Gasteiger partial charge on any atom is 0.410 e. The van der Waals surface area contributed by atoms with E-state index in [0.717, 1.165) is 12.8 Å². The van der Waals surface area contributed by atoms with Crippen molar-refractivity contribution in [3.63, 3.8) is 0 Å². The molecule has 4 atom stereocenters. The third kappa shape index (κ3) is 6.89. The second kappa shape index (κ2) is 9.81. The van der Waals surface area contributed by atoms with Gasteiger partial charge in [0.2, 0.25) is 0 Å². The number of piperidine rings is 1. The van der Waals surface area contributed by atoms with E-state index >= 15 is 0 Å². The molecule has 0 radical (unpaired) electrons. The number of nitrogens with one attached hydrogen (secondary N) is 1. The highest BCUT2D eigenvalue weighted by atomic mass is 16.6. The number of likely N-dealkylation sites (tertiary alicyclic amines) is 1. The first kappa shape index (κ1) is 23.5. The van der Waals surface area contributed by atoms with Crippen molar-refractivity contribution in [2.75, 3.05) is 13.1 Å². The van der Waals surface area contributed by atoms with E-state index in [2.05, 4.69) is 19.2 Å². The molecule has 1 saturated heterocycles. The molecule has 7 heteroatoms. The molecule has 0 unspecified atom stereocenters. The lowest BCUT2D eigenvalue weighted by Gasteiger charge is -2.35. The van der Waals surface area contributed by atoms with Crippen LogP contribution in [0.25, 0.3) is 0 Å². The zero-order valence-corrected chi connectivity index (χ0v) is 18.8. The van der Waals surface area contributed by atoms with Gasteiger partial charge in [-0.1, -0.05) is 26.7 Å². The zero-order chi connectivity index (χ0) is 21.8. The van der Waals surface area contributed by atoms with Crippen LogP contribution in [0.3, 0.4) is 0 Å². The molecule has 0 aromatic rings. The van der Waals surface area contributed by atoms with Gasteiger partial charge >= 0.3 is 12.1 Å². The van der Waals surface area contributed by atoms with Gasteiger partial charge in [0.05, 0.1) is 5.92 Å². The Morgan fingerprint density at radius 1 is 1.03 bits per heavy atom. The second-order valence-corrected chi connectivity index (χ2v) is 9.70. The molecule has 1 N–H and O–H groups in total. The first-order valence-corrected chi connectivity index (χ1v) is 11.0. The van der Waals surface area contributed by atoms with Crippen LogP contribution < -0.4 is 5.32 Å². The van der Waals surface area contributed by atoms with Gasteiger partial charge in [0.1, 0.15) is 5.60 Å². The fourth-order valence-corrected chi connectivity index (χ4v) is 4.03. The van der Waals surface area contributed by atoms with Crippen LogP contribution in [0.4, 0.5) is 4.79 Å². The SMILES string of the molecule is C[C@@H]1[C@H](C)CCC[C@H]1NC(=O)[C@@H](C)OC(=O)C1CCN(C(=O)OC(C)(C)C)CC1. The van der Waals surface area contributed by atoms with Crippen LogP contribution in [0.1, 0.15) is 73.6 Å². The lowest BCUT2D eigenvalue weighted by atomic mass is 9.78. The van der Waals surface area contributed by atoms with Crippen LogP contribution in [0.5, 0.6) is 0 Å². The van der Waals surface area contributed by atoms with E-state index in [1.165, 1.54) is 6.42 Å². The number of esters is 1. The number of carbonyl (C=O) groups is 3. The first-order valence-electron chi connectivity index (χ1n) is 11.0. The van der Waals surface area contributed by atoms with Crippen molar-refractivity contribution < 1.29 is 23.9 Å². The molecule has 29 heavy (non-hydrogen) atoms. The molecular weight excluding hydrogens is 372 g/mol. The van der Waals surface area contributed by atoms with Gasteiger partial charge in [0.15, 0.2) is 6.10 Å². The van der Waals surface area contributed by atoms with Crippen LogP contribution in [0.2, 0.25) is 0 Å². The molecule has 7 nitrogen and oxygen atoms in total. The number of nitrogens with zero attached hydrogens (tertiary/aromatic N) is 1. The Morgan fingerprint density at radius 3 is 2.24 bits per heavy atom. The summed E-state index contributed by atoms with van der Waals surface area (Å²) in [6.45, 7) is 12.4. The molecule has 166 valence electrons. The van der Waals surface area contributed by atoms with Crippen LogP contribution in [0.15, 0.2) is 0 Å². The number of hydrogen-bond acceptors (Lipinski definition) is 5. The molecule has 2 rings (SSSR count). The fraction of sp³-hybridized carbons (Fsp3) is 0.864. The van der Waals surface area contributed by atoms with E-state index < -0.39 is 11.7 Å². The Balaban J connectivity index is 1.77. The van der Waals surface area contributed by atoms with Crippen molar-refractivity contribution in [1.82, 2.24) is 10.2 Å². The number of carbonyl (C=O) groups excluding carboxylic acids is 3. The van der Waals surface area contributed by atoms with Crippen LogP contribution in [0, 0.1) is 17.8 Å². The topological polar surface area (TPSA) is 84.9 Å². The minimum Gasteiger partial charge on any atom is -0.452 e. The molecule has 0 bridgehead atoms. The Morgan fingerprint density at radius 2 is 1.66 bits per heavy atom. The van der Waals surface area contributed by atoms with Crippen molar-refractivity contribution in [3.05, 3.63) is 0 Å². The Labute approximate surface area is 174 Å². The predicted molar refractivity (Wildman–Crippen MR) is 110 cm³/mol. The summed E-state index contributed by atoms with van der Waals surface area (Å²) in [6, 6.07) is 0.143. The van der Waals surface area contributed by atoms with E-state index in [-0.39, 0.29) is 29.9 Å². The molecule has 2 aliphatic rings. The molecule has 0 aromatic carbocycles. The van der Waals surface area contributed by atoms with E-state index in [1.54, 1.807) is 11.8 Å². The molecule has 0 spiro atoms. The molecule has 1 aliphatic heterocycles. The van der Waals surface area contributed by atoms with E-state index in [4.69, 9.17) is 9.47 Å². The molecule has 1 saturated carbocycles. The van der Waals surface area contributed by atoms with Gasteiger partial charge in [-0.05, 0) is 58.8 Å². The summed E-state index contributed by atoms with van der Waals surface area (Å²) >= 11 is 0. The number of hydrogen-bond donors (Lipinski definition) is 1. The number of rotatable bonds is 4. The zero-order valence-electron chi connectivity index (χ0n) is 18.8. The minimum atomic E-state index is -0.809. The van der Waals surface area contributed by atoms with E-state index in [9.17, 15) is 14.4 Å². The molecular formula is C22H38N2O5. The summed E-state index contributed by atoms with van der Waals surface area (Å²) in [7, 11) is 0. The summed E-state index contributed by atoms with van der Waals surface area (Å²) in [5.41, 5.74) is -0.538. The number of ether oxygens (including phenoxy) is 2. The monoisotopic (exact) mass is 410 g/mol. The van der Waals surface area contributed by atoms with Crippen molar-refractivity contribution in [1.29, 1.82) is 0 Å². The lowest BCUT2D eigenvalue weighted by Crippen LogP contribution is -2.48. The molecule has 1 heterocycles. The van der Waals surface area contributed by atoms with Gasteiger partial charge in [-0.25, -0.2) is 4.79 Å². The Bertz CT molecular complexity index is 593. The normalized spacial score (nSPS) is 27.1. The van der Waals surface area contributed by atoms with Crippen LogP contribution >= 0.6 is 0 Å².